The molecule has 9 heteroatoms. The molecule has 2 aliphatic heterocycles. The van der Waals surface area contributed by atoms with Crippen LogP contribution in [0.5, 0.6) is 17.2 Å². The molecule has 286 valence electrons. The molecule has 0 fully saturated rings. The molecule has 0 aliphatic carbocycles. The number of nitriles is 1. The maximum Gasteiger partial charge on any atom is 0.237 e. The van der Waals surface area contributed by atoms with Crippen LogP contribution in [0, 0.1) is 11.3 Å². The highest BCUT2D eigenvalue weighted by Crippen LogP contribution is 2.41. The van der Waals surface area contributed by atoms with Gasteiger partial charge in [-0.2, -0.15) is 5.26 Å². The molecular formula is C48H41Cl2N3O4. The predicted molar refractivity (Wildman–Crippen MR) is 224 cm³/mol. The van der Waals surface area contributed by atoms with Gasteiger partial charge in [-0.15, -0.1) is 0 Å². The molecule has 0 saturated carbocycles. The Morgan fingerprint density at radius 1 is 0.825 bits per heavy atom. The van der Waals surface area contributed by atoms with Gasteiger partial charge in [-0.05, 0) is 113 Å². The second-order valence-electron chi connectivity index (χ2n) is 14.7. The molecular weight excluding hydrogens is 753 g/mol. The first-order valence-corrected chi connectivity index (χ1v) is 19.8. The molecule has 1 N–H and O–H groups in total. The summed E-state index contributed by atoms with van der Waals surface area (Å²) >= 11 is 12.2. The Kier molecular flexibility index (Phi) is 11.5. The van der Waals surface area contributed by atoms with E-state index in [4.69, 9.17) is 42.7 Å². The first kappa shape index (κ1) is 38.1. The number of fused-ring (bicyclic) bond motifs is 2. The lowest BCUT2D eigenvalue weighted by molar-refractivity contribution is -0.128. The number of carbonyl (C=O) groups is 1. The fourth-order valence-electron chi connectivity index (χ4n) is 7.50. The smallest absolute Gasteiger partial charge is 0.237 e. The van der Waals surface area contributed by atoms with Crippen LogP contribution in [0.2, 0.25) is 10.0 Å². The van der Waals surface area contributed by atoms with Crippen molar-refractivity contribution < 1.29 is 19.0 Å². The van der Waals surface area contributed by atoms with Gasteiger partial charge in [-0.25, -0.2) is 0 Å². The van der Waals surface area contributed by atoms with E-state index < -0.39 is 0 Å². The summed E-state index contributed by atoms with van der Waals surface area (Å²) in [4.78, 5) is 16.4. The summed E-state index contributed by atoms with van der Waals surface area (Å²) in [6.07, 6.45) is 0.982. The molecule has 7 nitrogen and oxygen atoms in total. The maximum absolute atomic E-state index is 14.1. The number of carbonyl (C=O) groups excluding carboxylic acids is 1. The highest BCUT2D eigenvalue weighted by Gasteiger charge is 2.34. The second kappa shape index (κ2) is 17.2. The number of ether oxygens (including phenoxy) is 3. The van der Waals surface area contributed by atoms with E-state index in [-0.39, 0.29) is 24.1 Å². The number of nitrogens with zero attached hydrogens (tertiary/aromatic N) is 2. The molecule has 8 rings (SSSR count). The number of amides is 1. The molecule has 6 aromatic carbocycles. The van der Waals surface area contributed by atoms with Crippen molar-refractivity contribution >= 4 is 29.1 Å². The SMILES string of the molecule is C[C@H](Cc1ccc(-c2ccc(C#N)cc2)cc1)NC(=O)[C@@H]1Cc2cc3c(cc2CN1Cc1ccccc1)OC(c1ccc(OCc2ccc(Cl)c(Cl)c2)cc1)CO3. The molecule has 1 unspecified atom stereocenters. The Bertz CT molecular complexity index is 2400. The zero-order valence-corrected chi connectivity index (χ0v) is 33.0. The summed E-state index contributed by atoms with van der Waals surface area (Å²) in [6, 6.07) is 45.5. The Balaban J connectivity index is 0.930. The lowest BCUT2D eigenvalue weighted by Crippen LogP contribution is -2.52. The van der Waals surface area contributed by atoms with Crippen molar-refractivity contribution in [2.45, 2.75) is 57.6 Å². The third-order valence-electron chi connectivity index (χ3n) is 10.6. The van der Waals surface area contributed by atoms with E-state index in [0.717, 1.165) is 50.3 Å². The van der Waals surface area contributed by atoms with Gasteiger partial charge in [0, 0.05) is 19.1 Å². The van der Waals surface area contributed by atoms with Gasteiger partial charge >= 0.3 is 0 Å². The van der Waals surface area contributed by atoms with Gasteiger partial charge in [0.05, 0.1) is 27.7 Å². The Hall–Kier alpha value is -5.78. The topological polar surface area (TPSA) is 83.8 Å². The highest BCUT2D eigenvalue weighted by molar-refractivity contribution is 6.42. The molecule has 2 heterocycles. The number of rotatable bonds is 11. The summed E-state index contributed by atoms with van der Waals surface area (Å²) in [5.74, 6) is 2.14. The van der Waals surface area contributed by atoms with Gasteiger partial charge in [-0.1, -0.05) is 108 Å². The molecule has 0 saturated heterocycles. The Morgan fingerprint density at radius 2 is 1.53 bits per heavy atom. The van der Waals surface area contributed by atoms with Gasteiger partial charge in [-0.3, -0.25) is 9.69 Å². The molecule has 0 radical (unpaired) electrons. The highest BCUT2D eigenvalue weighted by atomic mass is 35.5. The third-order valence-corrected chi connectivity index (χ3v) is 11.3. The van der Waals surface area contributed by atoms with E-state index in [2.05, 4.69) is 71.7 Å². The van der Waals surface area contributed by atoms with E-state index in [0.29, 0.717) is 66.3 Å². The Morgan fingerprint density at radius 3 is 2.25 bits per heavy atom. The minimum absolute atomic E-state index is 0.0117. The van der Waals surface area contributed by atoms with E-state index in [1.807, 2.05) is 78.9 Å². The second-order valence-corrected chi connectivity index (χ2v) is 15.5. The van der Waals surface area contributed by atoms with Crippen LogP contribution < -0.4 is 19.5 Å². The van der Waals surface area contributed by atoms with E-state index in [1.165, 1.54) is 0 Å². The molecule has 0 spiro atoms. The van der Waals surface area contributed by atoms with Crippen LogP contribution in [0.4, 0.5) is 0 Å². The maximum atomic E-state index is 14.1. The fourth-order valence-corrected chi connectivity index (χ4v) is 7.82. The largest absolute Gasteiger partial charge is 0.489 e. The average molecular weight is 795 g/mol. The number of hydrogen-bond donors (Lipinski definition) is 1. The number of nitrogens with one attached hydrogen (secondary N) is 1. The van der Waals surface area contributed by atoms with Gasteiger partial charge in [0.2, 0.25) is 5.91 Å². The molecule has 0 bridgehead atoms. The molecule has 3 atom stereocenters. The van der Waals surface area contributed by atoms with Crippen LogP contribution in [-0.2, 0) is 37.3 Å². The predicted octanol–water partition coefficient (Wildman–Crippen LogP) is 10.3. The van der Waals surface area contributed by atoms with Crippen molar-refractivity contribution in [1.82, 2.24) is 10.2 Å². The van der Waals surface area contributed by atoms with Crippen LogP contribution in [0.15, 0.2) is 133 Å². The first-order chi connectivity index (χ1) is 27.8. The van der Waals surface area contributed by atoms with Gasteiger partial charge in [0.1, 0.15) is 19.0 Å². The van der Waals surface area contributed by atoms with E-state index in [9.17, 15) is 4.79 Å². The third kappa shape index (κ3) is 9.11. The average Bonchev–Trinajstić information content (AvgIpc) is 3.24. The summed E-state index contributed by atoms with van der Waals surface area (Å²) in [6.45, 7) is 4.03. The zero-order valence-electron chi connectivity index (χ0n) is 31.5. The van der Waals surface area contributed by atoms with Gasteiger partial charge in [0.25, 0.3) is 0 Å². The van der Waals surface area contributed by atoms with Gasteiger partial charge < -0.3 is 19.5 Å². The molecule has 57 heavy (non-hydrogen) atoms. The van der Waals surface area contributed by atoms with Crippen LogP contribution in [0.25, 0.3) is 11.1 Å². The van der Waals surface area contributed by atoms with Gasteiger partial charge in [0.15, 0.2) is 17.6 Å². The van der Waals surface area contributed by atoms with Crippen LogP contribution in [0.3, 0.4) is 0 Å². The van der Waals surface area contributed by atoms with Crippen molar-refractivity contribution in [3.63, 3.8) is 0 Å². The summed E-state index contributed by atoms with van der Waals surface area (Å²) in [5, 5.41) is 13.5. The Labute approximate surface area is 343 Å². The van der Waals surface area contributed by atoms with E-state index >= 15 is 0 Å². The minimum atomic E-state index is -0.355. The normalized spacial score (nSPS) is 16.5. The quantitative estimate of drug-likeness (QED) is 0.141. The van der Waals surface area contributed by atoms with Crippen molar-refractivity contribution in [3.8, 4) is 34.4 Å². The molecule has 1 amide bonds. The summed E-state index contributed by atoms with van der Waals surface area (Å²) in [7, 11) is 0. The van der Waals surface area contributed by atoms with Crippen LogP contribution in [0.1, 0.15) is 52.0 Å². The summed E-state index contributed by atoms with van der Waals surface area (Å²) in [5.41, 5.74) is 9.21. The first-order valence-electron chi connectivity index (χ1n) is 19.1. The minimum Gasteiger partial charge on any atom is -0.489 e. The monoisotopic (exact) mass is 793 g/mol. The van der Waals surface area contributed by atoms with Crippen molar-refractivity contribution in [3.05, 3.63) is 182 Å². The number of benzene rings is 6. The zero-order chi connectivity index (χ0) is 39.3. The number of halogens is 2. The van der Waals surface area contributed by atoms with Crippen LogP contribution in [-0.4, -0.2) is 29.5 Å². The fraction of sp³-hybridized carbons (Fsp3) is 0.208. The molecule has 0 aromatic heterocycles. The molecule has 6 aromatic rings. The summed E-state index contributed by atoms with van der Waals surface area (Å²) < 4.78 is 18.8. The van der Waals surface area contributed by atoms with E-state index in [1.54, 1.807) is 6.07 Å². The van der Waals surface area contributed by atoms with Crippen LogP contribution >= 0.6 is 23.2 Å². The lowest BCUT2D eigenvalue weighted by Gasteiger charge is -2.37. The van der Waals surface area contributed by atoms with Crippen molar-refractivity contribution in [2.24, 2.45) is 0 Å². The number of hydrogen-bond acceptors (Lipinski definition) is 6. The molecule has 2 aliphatic rings. The standard InChI is InChI=1S/C48H41Cl2N3O4/c1-31(21-32-7-12-36(13-8-32)37-14-9-33(26-51)10-15-37)52-48(54)44-23-39-24-45-46(25-40(39)28-53(44)27-34-5-3-2-4-6-34)57-47(30-56-45)38-16-18-41(19-17-38)55-29-35-11-20-42(49)43(50)22-35/h2-20,22,24-25,31,44,47H,21,23,27-30H2,1H3,(H,52,54)/t31-,44+,47?/m1/s1. The van der Waals surface area contributed by atoms with Crippen molar-refractivity contribution in [1.29, 1.82) is 5.26 Å². The van der Waals surface area contributed by atoms with Crippen molar-refractivity contribution in [2.75, 3.05) is 6.61 Å². The lowest BCUT2D eigenvalue weighted by atomic mass is 9.91.